The molecule has 2 aromatic rings. The molecule has 29 heavy (non-hydrogen) atoms. The second kappa shape index (κ2) is 9.08. The minimum Gasteiger partial charge on any atom is -0.368 e. The Morgan fingerprint density at radius 1 is 1.03 bits per heavy atom. The maximum atomic E-state index is 12.8. The number of hydrogen-bond acceptors (Lipinski definition) is 4. The van der Waals surface area contributed by atoms with Crippen LogP contribution in [0.2, 0.25) is 0 Å². The molecule has 156 valence electrons. The molecule has 3 N–H and O–H groups in total. The number of nitrogens with two attached hydrogens (primary N) is 1. The fourth-order valence-electron chi connectivity index (χ4n) is 2.59. The summed E-state index contributed by atoms with van der Waals surface area (Å²) in [7, 11) is -3.69. The molecule has 0 aliphatic rings. The van der Waals surface area contributed by atoms with Crippen molar-refractivity contribution in [2.45, 2.75) is 30.0 Å². The molecule has 2 rings (SSSR count). The summed E-state index contributed by atoms with van der Waals surface area (Å²) >= 11 is 0. The summed E-state index contributed by atoms with van der Waals surface area (Å²) in [5, 5.41) is 2.29. The summed E-state index contributed by atoms with van der Waals surface area (Å²) in [6.07, 6.45) is -5.23. The van der Waals surface area contributed by atoms with Crippen LogP contribution in [0.4, 0.5) is 13.2 Å². The van der Waals surface area contributed by atoms with E-state index < -0.39 is 51.6 Å². The second-order valence-corrected chi connectivity index (χ2v) is 8.43. The van der Waals surface area contributed by atoms with E-state index in [9.17, 15) is 31.2 Å². The van der Waals surface area contributed by atoms with Gasteiger partial charge in [0.1, 0.15) is 6.04 Å². The normalized spacial score (nSPS) is 12.9. The highest BCUT2D eigenvalue weighted by atomic mass is 32.2. The number of nitrogens with one attached hydrogen (secondary N) is 1. The standard InChI is InChI=1S/C19H19F3N2O4S/c20-19(21,22)14-6-4-5-13(11-14)12-17(25)24-16(18(23)26)9-10-29(27,28)15-7-2-1-3-8-15/h1-8,11,16H,9-10,12H2,(H2,23,26)(H,24,25)/t16-/m0/s1. The van der Waals surface area contributed by atoms with Gasteiger partial charge >= 0.3 is 6.18 Å². The molecule has 0 saturated heterocycles. The first-order valence-corrected chi connectivity index (χ1v) is 10.2. The van der Waals surface area contributed by atoms with Gasteiger partial charge in [0.05, 0.1) is 22.6 Å². The highest BCUT2D eigenvalue weighted by Gasteiger charge is 2.30. The number of primary amides is 1. The lowest BCUT2D eigenvalue weighted by molar-refractivity contribution is -0.137. The van der Waals surface area contributed by atoms with E-state index in [-0.39, 0.29) is 16.9 Å². The topological polar surface area (TPSA) is 106 Å². The van der Waals surface area contributed by atoms with Gasteiger partial charge in [-0.15, -0.1) is 0 Å². The van der Waals surface area contributed by atoms with Crippen LogP contribution in [-0.4, -0.2) is 32.0 Å². The van der Waals surface area contributed by atoms with Crippen molar-refractivity contribution in [3.05, 3.63) is 65.7 Å². The molecule has 0 bridgehead atoms. The highest BCUT2D eigenvalue weighted by molar-refractivity contribution is 7.91. The second-order valence-electron chi connectivity index (χ2n) is 6.32. The zero-order valence-electron chi connectivity index (χ0n) is 15.1. The van der Waals surface area contributed by atoms with Crippen molar-refractivity contribution in [3.63, 3.8) is 0 Å². The first kappa shape index (κ1) is 22.4. The molecule has 0 radical (unpaired) electrons. The van der Waals surface area contributed by atoms with Crippen LogP contribution < -0.4 is 11.1 Å². The van der Waals surface area contributed by atoms with E-state index in [4.69, 9.17) is 5.73 Å². The molecule has 1 atom stereocenters. The predicted molar refractivity (Wildman–Crippen MR) is 99.4 cm³/mol. The molecule has 0 aliphatic carbocycles. The minimum atomic E-state index is -4.55. The number of benzene rings is 2. The van der Waals surface area contributed by atoms with Crippen LogP contribution in [0.15, 0.2) is 59.5 Å². The van der Waals surface area contributed by atoms with Gasteiger partial charge in [-0.1, -0.05) is 36.4 Å². The van der Waals surface area contributed by atoms with Crippen LogP contribution in [0.5, 0.6) is 0 Å². The van der Waals surface area contributed by atoms with E-state index in [1.165, 1.54) is 24.3 Å². The lowest BCUT2D eigenvalue weighted by Crippen LogP contribution is -2.45. The predicted octanol–water partition coefficient (Wildman–Crippen LogP) is 2.08. The van der Waals surface area contributed by atoms with Crippen LogP contribution >= 0.6 is 0 Å². The third-order valence-corrected chi connectivity index (χ3v) is 5.84. The number of rotatable bonds is 8. The van der Waals surface area contributed by atoms with Crippen molar-refractivity contribution >= 4 is 21.7 Å². The number of amides is 2. The number of alkyl halides is 3. The number of carbonyl (C=O) groups is 2. The molecule has 0 aliphatic heterocycles. The van der Waals surface area contributed by atoms with Crippen LogP contribution in [0, 0.1) is 0 Å². The Kier molecular flexibility index (Phi) is 7.02. The third-order valence-electron chi connectivity index (χ3n) is 4.08. The molecule has 0 unspecified atom stereocenters. The molecule has 0 aromatic heterocycles. The van der Waals surface area contributed by atoms with Gasteiger partial charge in [-0.25, -0.2) is 8.42 Å². The SMILES string of the molecule is NC(=O)[C@H](CCS(=O)(=O)c1ccccc1)NC(=O)Cc1cccc(C(F)(F)F)c1. The maximum absolute atomic E-state index is 12.8. The van der Waals surface area contributed by atoms with E-state index in [0.717, 1.165) is 12.1 Å². The van der Waals surface area contributed by atoms with Gasteiger partial charge in [-0.2, -0.15) is 13.2 Å². The lowest BCUT2D eigenvalue weighted by Gasteiger charge is -2.16. The Bertz CT molecular complexity index is 976. The summed E-state index contributed by atoms with van der Waals surface area (Å²) in [5.41, 5.74) is 4.43. The van der Waals surface area contributed by atoms with Crippen LogP contribution in [0.25, 0.3) is 0 Å². The van der Waals surface area contributed by atoms with E-state index in [2.05, 4.69) is 5.32 Å². The Morgan fingerprint density at radius 3 is 2.28 bits per heavy atom. The van der Waals surface area contributed by atoms with Crippen LogP contribution in [0.3, 0.4) is 0 Å². The smallest absolute Gasteiger partial charge is 0.368 e. The van der Waals surface area contributed by atoms with E-state index in [1.807, 2.05) is 0 Å². The zero-order valence-corrected chi connectivity index (χ0v) is 16.0. The van der Waals surface area contributed by atoms with Crippen molar-refractivity contribution in [2.75, 3.05) is 5.75 Å². The molecular weight excluding hydrogens is 409 g/mol. The minimum absolute atomic E-state index is 0.0681. The van der Waals surface area contributed by atoms with Crippen molar-refractivity contribution in [1.29, 1.82) is 0 Å². The Balaban J connectivity index is 2.02. The van der Waals surface area contributed by atoms with Crippen molar-refractivity contribution in [3.8, 4) is 0 Å². The summed E-state index contributed by atoms with van der Waals surface area (Å²) in [4.78, 5) is 23.8. The van der Waals surface area contributed by atoms with Crippen LogP contribution in [0.1, 0.15) is 17.5 Å². The maximum Gasteiger partial charge on any atom is 0.416 e. The number of carbonyl (C=O) groups excluding carboxylic acids is 2. The average Bonchev–Trinajstić information content (AvgIpc) is 2.65. The summed E-state index contributed by atoms with van der Waals surface area (Å²) in [6.45, 7) is 0. The molecule has 0 heterocycles. The fraction of sp³-hybridized carbons (Fsp3) is 0.263. The Hall–Kier alpha value is -2.88. The molecule has 2 amide bonds. The van der Waals surface area contributed by atoms with Gasteiger partial charge in [-0.3, -0.25) is 9.59 Å². The van der Waals surface area contributed by atoms with E-state index in [1.54, 1.807) is 18.2 Å². The molecule has 10 heteroatoms. The third kappa shape index (κ3) is 6.60. The molecule has 0 fully saturated rings. The Labute approximate surface area is 165 Å². The number of hydrogen-bond donors (Lipinski definition) is 2. The largest absolute Gasteiger partial charge is 0.416 e. The lowest BCUT2D eigenvalue weighted by atomic mass is 10.1. The van der Waals surface area contributed by atoms with E-state index >= 15 is 0 Å². The number of halogens is 3. The zero-order chi connectivity index (χ0) is 21.7. The first-order valence-electron chi connectivity index (χ1n) is 8.51. The van der Waals surface area contributed by atoms with Gasteiger partial charge in [0.15, 0.2) is 9.84 Å². The van der Waals surface area contributed by atoms with Crippen molar-refractivity contribution in [2.24, 2.45) is 5.73 Å². The van der Waals surface area contributed by atoms with Gasteiger partial charge in [0.2, 0.25) is 11.8 Å². The average molecular weight is 428 g/mol. The van der Waals surface area contributed by atoms with Gasteiger partial charge in [0.25, 0.3) is 0 Å². The summed E-state index contributed by atoms with van der Waals surface area (Å²) < 4.78 is 62.9. The van der Waals surface area contributed by atoms with Crippen molar-refractivity contribution in [1.82, 2.24) is 5.32 Å². The summed E-state index contributed by atoms with van der Waals surface area (Å²) in [5.74, 6) is -2.12. The Morgan fingerprint density at radius 2 is 1.69 bits per heavy atom. The molecular formula is C19H19F3N2O4S. The van der Waals surface area contributed by atoms with E-state index in [0.29, 0.717) is 0 Å². The summed E-state index contributed by atoms with van der Waals surface area (Å²) in [6, 6.07) is 10.5. The monoisotopic (exact) mass is 428 g/mol. The molecule has 0 spiro atoms. The van der Waals surface area contributed by atoms with Crippen LogP contribution in [-0.2, 0) is 32.0 Å². The number of sulfone groups is 1. The van der Waals surface area contributed by atoms with Gasteiger partial charge in [-0.05, 0) is 30.2 Å². The molecule has 2 aromatic carbocycles. The quantitative estimate of drug-likeness (QED) is 0.671. The highest BCUT2D eigenvalue weighted by Crippen LogP contribution is 2.29. The van der Waals surface area contributed by atoms with Crippen molar-refractivity contribution < 1.29 is 31.2 Å². The fourth-order valence-corrected chi connectivity index (χ4v) is 3.95. The molecule has 6 nitrogen and oxygen atoms in total. The first-order chi connectivity index (χ1) is 13.5. The van der Waals surface area contributed by atoms with Gasteiger partial charge in [0, 0.05) is 0 Å². The molecule has 0 saturated carbocycles. The van der Waals surface area contributed by atoms with Gasteiger partial charge < -0.3 is 11.1 Å².